The Morgan fingerprint density at radius 3 is 2.60 bits per heavy atom. The Balaban J connectivity index is 1.42. The van der Waals surface area contributed by atoms with Gasteiger partial charge in [0.15, 0.2) is 0 Å². The molecular formula is C24H33N3O3. The third-order valence-electron chi connectivity index (χ3n) is 6.81. The van der Waals surface area contributed by atoms with Crippen molar-refractivity contribution in [3.8, 4) is 5.69 Å². The van der Waals surface area contributed by atoms with Crippen LogP contribution >= 0.6 is 0 Å². The van der Waals surface area contributed by atoms with Gasteiger partial charge in [0.05, 0.1) is 35.6 Å². The number of hydrogen-bond donors (Lipinski definition) is 1. The lowest BCUT2D eigenvalue weighted by Gasteiger charge is -2.47. The summed E-state index contributed by atoms with van der Waals surface area (Å²) >= 11 is 0. The molecule has 3 heterocycles. The number of nitrogens with zero attached hydrogens (tertiary/aromatic N) is 3. The zero-order valence-corrected chi connectivity index (χ0v) is 18.3. The van der Waals surface area contributed by atoms with Crippen LogP contribution in [-0.4, -0.2) is 56.6 Å². The van der Waals surface area contributed by atoms with E-state index in [1.807, 2.05) is 53.8 Å². The molecule has 2 fully saturated rings. The highest BCUT2D eigenvalue weighted by Crippen LogP contribution is 2.38. The Kier molecular flexibility index (Phi) is 5.98. The van der Waals surface area contributed by atoms with Crippen LogP contribution in [0.15, 0.2) is 30.3 Å². The summed E-state index contributed by atoms with van der Waals surface area (Å²) in [5.74, 6) is 0.145. The van der Waals surface area contributed by atoms with Gasteiger partial charge in [-0.25, -0.2) is 4.68 Å². The number of aliphatic hydroxyl groups is 1. The number of aryl methyl sites for hydroxylation is 1. The van der Waals surface area contributed by atoms with E-state index in [2.05, 4.69) is 12.0 Å². The molecule has 1 N–H and O–H groups in total. The van der Waals surface area contributed by atoms with Gasteiger partial charge < -0.3 is 14.7 Å². The summed E-state index contributed by atoms with van der Waals surface area (Å²) < 4.78 is 8.28. The second-order valence-corrected chi connectivity index (χ2v) is 8.88. The molecule has 1 aromatic carbocycles. The lowest BCUT2D eigenvalue weighted by atomic mass is 9.81. The summed E-state index contributed by atoms with van der Waals surface area (Å²) in [6.07, 6.45) is 4.15. The van der Waals surface area contributed by atoms with E-state index in [1.54, 1.807) is 0 Å². The average Bonchev–Trinajstić information content (AvgIpc) is 3.02. The molecule has 2 aliphatic heterocycles. The number of ether oxygens (including phenoxy) is 1. The molecule has 6 nitrogen and oxygen atoms in total. The number of amides is 1. The van der Waals surface area contributed by atoms with Crippen molar-refractivity contribution in [2.45, 2.75) is 77.1 Å². The molecule has 0 radical (unpaired) electrons. The van der Waals surface area contributed by atoms with Crippen LogP contribution in [-0.2, 0) is 16.0 Å². The number of likely N-dealkylation sites (tertiary alicyclic amines) is 1. The van der Waals surface area contributed by atoms with E-state index in [4.69, 9.17) is 4.74 Å². The van der Waals surface area contributed by atoms with Gasteiger partial charge in [-0.3, -0.25) is 4.79 Å². The molecule has 0 bridgehead atoms. The van der Waals surface area contributed by atoms with Crippen molar-refractivity contribution in [3.05, 3.63) is 47.3 Å². The first-order valence-corrected chi connectivity index (χ1v) is 11.1. The number of hydrogen-bond acceptors (Lipinski definition) is 4. The van der Waals surface area contributed by atoms with Crippen molar-refractivity contribution in [1.82, 2.24) is 14.7 Å². The van der Waals surface area contributed by atoms with Gasteiger partial charge in [0.25, 0.3) is 0 Å². The second kappa shape index (κ2) is 8.52. The SMILES string of the molecule is CC[C@H]1C[C@@H](O)CC2(CCN(C(=O)Cc3c(C)nn(-c4ccccc4)c3C)CC2)O1. The number of aliphatic hydroxyl groups excluding tert-OH is 1. The fourth-order valence-electron chi connectivity index (χ4n) is 5.02. The summed E-state index contributed by atoms with van der Waals surface area (Å²) in [6.45, 7) is 7.49. The predicted molar refractivity (Wildman–Crippen MR) is 116 cm³/mol. The van der Waals surface area contributed by atoms with Crippen LogP contribution in [0.2, 0.25) is 0 Å². The van der Waals surface area contributed by atoms with Crippen molar-refractivity contribution in [2.75, 3.05) is 13.1 Å². The molecule has 162 valence electrons. The van der Waals surface area contributed by atoms with E-state index < -0.39 is 0 Å². The van der Waals surface area contributed by atoms with E-state index in [0.717, 1.165) is 48.3 Å². The van der Waals surface area contributed by atoms with Crippen LogP contribution in [0.4, 0.5) is 0 Å². The number of carbonyl (C=O) groups excluding carboxylic acids is 1. The lowest BCUT2D eigenvalue weighted by molar-refractivity contribution is -0.183. The van der Waals surface area contributed by atoms with E-state index in [0.29, 0.717) is 25.9 Å². The Labute approximate surface area is 178 Å². The molecule has 0 unspecified atom stereocenters. The van der Waals surface area contributed by atoms with Gasteiger partial charge in [0, 0.05) is 30.8 Å². The highest BCUT2D eigenvalue weighted by Gasteiger charge is 2.43. The monoisotopic (exact) mass is 411 g/mol. The predicted octanol–water partition coefficient (Wildman–Crippen LogP) is 3.34. The van der Waals surface area contributed by atoms with Gasteiger partial charge in [-0.1, -0.05) is 25.1 Å². The number of para-hydroxylation sites is 1. The molecule has 30 heavy (non-hydrogen) atoms. The number of carbonyl (C=O) groups is 1. The van der Waals surface area contributed by atoms with Crippen molar-refractivity contribution in [1.29, 1.82) is 0 Å². The number of rotatable bonds is 4. The molecule has 2 aliphatic rings. The largest absolute Gasteiger partial charge is 0.393 e. The van der Waals surface area contributed by atoms with Crippen LogP contribution < -0.4 is 0 Å². The minimum absolute atomic E-state index is 0.130. The Hall–Kier alpha value is -2.18. The molecule has 1 amide bonds. The van der Waals surface area contributed by atoms with Gasteiger partial charge in [0.2, 0.25) is 5.91 Å². The van der Waals surface area contributed by atoms with Crippen LogP contribution in [0.25, 0.3) is 5.69 Å². The topological polar surface area (TPSA) is 67.6 Å². The third-order valence-corrected chi connectivity index (χ3v) is 6.81. The third kappa shape index (κ3) is 4.16. The molecule has 1 aromatic heterocycles. The minimum atomic E-state index is -0.292. The Morgan fingerprint density at radius 1 is 1.23 bits per heavy atom. The first-order chi connectivity index (χ1) is 14.4. The normalized spacial score (nSPS) is 23.7. The molecule has 6 heteroatoms. The minimum Gasteiger partial charge on any atom is -0.393 e. The van der Waals surface area contributed by atoms with Gasteiger partial charge in [-0.2, -0.15) is 5.10 Å². The van der Waals surface area contributed by atoms with Crippen LogP contribution in [0.3, 0.4) is 0 Å². The second-order valence-electron chi connectivity index (χ2n) is 8.88. The van der Waals surface area contributed by atoms with E-state index in [9.17, 15) is 9.90 Å². The van der Waals surface area contributed by atoms with Gasteiger partial charge in [-0.15, -0.1) is 0 Å². The highest BCUT2D eigenvalue weighted by atomic mass is 16.5. The molecule has 2 atom stereocenters. The summed E-state index contributed by atoms with van der Waals surface area (Å²) in [7, 11) is 0. The molecule has 2 saturated heterocycles. The van der Waals surface area contributed by atoms with Gasteiger partial charge in [-0.05, 0) is 51.7 Å². The Bertz CT molecular complexity index is 885. The van der Waals surface area contributed by atoms with Crippen molar-refractivity contribution in [3.63, 3.8) is 0 Å². The maximum atomic E-state index is 13.1. The van der Waals surface area contributed by atoms with Crippen molar-refractivity contribution >= 4 is 5.91 Å². The van der Waals surface area contributed by atoms with Crippen LogP contribution in [0.5, 0.6) is 0 Å². The summed E-state index contributed by atoms with van der Waals surface area (Å²) in [6, 6.07) is 10.0. The maximum Gasteiger partial charge on any atom is 0.227 e. The summed E-state index contributed by atoms with van der Waals surface area (Å²) in [5.41, 5.74) is 3.68. The molecule has 0 aliphatic carbocycles. The first kappa shape index (κ1) is 21.1. The lowest BCUT2D eigenvalue weighted by Crippen LogP contribution is -2.53. The van der Waals surface area contributed by atoms with Gasteiger partial charge >= 0.3 is 0 Å². The van der Waals surface area contributed by atoms with Crippen LogP contribution in [0, 0.1) is 13.8 Å². The molecule has 2 aromatic rings. The number of benzene rings is 1. The molecule has 4 rings (SSSR count). The van der Waals surface area contributed by atoms with E-state index >= 15 is 0 Å². The standard InChI is InChI=1S/C24H33N3O3/c1-4-21-14-20(28)16-24(30-21)10-12-26(13-11-24)23(29)15-22-17(2)25-27(18(22)3)19-8-6-5-7-9-19/h5-9,20-21,28H,4,10-16H2,1-3H3/t20-,21+/m1/s1. The average molecular weight is 412 g/mol. The maximum absolute atomic E-state index is 13.1. The summed E-state index contributed by atoms with van der Waals surface area (Å²) in [4.78, 5) is 15.0. The van der Waals surface area contributed by atoms with Crippen LogP contribution in [0.1, 0.15) is 56.0 Å². The molecular weight excluding hydrogens is 378 g/mol. The van der Waals surface area contributed by atoms with Gasteiger partial charge in [0.1, 0.15) is 0 Å². The fraction of sp³-hybridized carbons (Fsp3) is 0.583. The van der Waals surface area contributed by atoms with Crippen molar-refractivity contribution < 1.29 is 14.6 Å². The fourth-order valence-corrected chi connectivity index (χ4v) is 5.02. The summed E-state index contributed by atoms with van der Waals surface area (Å²) in [5, 5.41) is 15.0. The zero-order valence-electron chi connectivity index (χ0n) is 18.3. The molecule has 1 spiro atoms. The highest BCUT2D eigenvalue weighted by molar-refractivity contribution is 5.79. The first-order valence-electron chi connectivity index (χ1n) is 11.1. The zero-order chi connectivity index (χ0) is 21.3. The number of aromatic nitrogens is 2. The van der Waals surface area contributed by atoms with E-state index in [1.165, 1.54) is 0 Å². The molecule has 0 saturated carbocycles. The smallest absolute Gasteiger partial charge is 0.227 e. The van der Waals surface area contributed by atoms with E-state index in [-0.39, 0.29) is 23.7 Å². The Morgan fingerprint density at radius 2 is 1.93 bits per heavy atom. The number of piperidine rings is 1. The van der Waals surface area contributed by atoms with Crippen molar-refractivity contribution in [2.24, 2.45) is 0 Å². The quantitative estimate of drug-likeness (QED) is 0.838.